The van der Waals surface area contributed by atoms with Crippen LogP contribution in [0.15, 0.2) is 24.4 Å². The second-order valence-corrected chi connectivity index (χ2v) is 10.2. The summed E-state index contributed by atoms with van der Waals surface area (Å²) < 4.78 is 21.1. The van der Waals surface area contributed by atoms with Crippen molar-refractivity contribution >= 4 is 29.0 Å². The highest BCUT2D eigenvalue weighted by atomic mass is 16.6. The van der Waals surface area contributed by atoms with Crippen molar-refractivity contribution in [1.82, 2.24) is 9.88 Å². The Labute approximate surface area is 213 Å². The first-order valence-corrected chi connectivity index (χ1v) is 12.4. The highest BCUT2D eigenvalue weighted by Gasteiger charge is 2.30. The lowest BCUT2D eigenvalue weighted by Crippen LogP contribution is -2.44. The molecule has 9 heteroatoms. The molecule has 2 aliphatic rings. The molecule has 2 aliphatic heterocycles. The van der Waals surface area contributed by atoms with Crippen LogP contribution >= 0.6 is 0 Å². The van der Waals surface area contributed by atoms with Gasteiger partial charge in [0.15, 0.2) is 18.1 Å². The van der Waals surface area contributed by atoms with Crippen molar-refractivity contribution in [3.05, 3.63) is 24.4 Å². The molecule has 0 N–H and O–H groups in total. The SMILES string of the molecule is COC.COc1ccc2ncc3c(c2c1)N(CCC1CCN(C(=O)OC(C)(C)C)CC1)CC(C=O)O3. The number of fused-ring (bicyclic) bond motifs is 3. The Bertz CT molecular complexity index is 1030. The average molecular weight is 502 g/mol. The topological polar surface area (TPSA) is 90.4 Å². The number of nitrogens with zero attached hydrogens (tertiary/aromatic N) is 3. The van der Waals surface area contributed by atoms with Crippen LogP contribution in [0, 0.1) is 5.92 Å². The lowest BCUT2D eigenvalue weighted by Gasteiger charge is -2.37. The molecule has 0 aliphatic carbocycles. The summed E-state index contributed by atoms with van der Waals surface area (Å²) in [4.78, 5) is 32.4. The van der Waals surface area contributed by atoms with Gasteiger partial charge in [-0.05, 0) is 64.2 Å². The van der Waals surface area contributed by atoms with Crippen LogP contribution in [-0.2, 0) is 14.3 Å². The number of carbonyl (C=O) groups is 2. The Balaban J connectivity index is 0.00000115. The first kappa shape index (κ1) is 27.5. The largest absolute Gasteiger partial charge is 0.497 e. The zero-order valence-corrected chi connectivity index (χ0v) is 22.3. The van der Waals surface area contributed by atoms with E-state index in [-0.39, 0.29) is 6.09 Å². The van der Waals surface area contributed by atoms with Gasteiger partial charge < -0.3 is 28.7 Å². The van der Waals surface area contributed by atoms with Gasteiger partial charge in [0.2, 0.25) is 0 Å². The van der Waals surface area contributed by atoms with Crippen molar-refractivity contribution in [2.24, 2.45) is 5.92 Å². The number of methoxy groups -OCH3 is 2. The van der Waals surface area contributed by atoms with Crippen LogP contribution in [0.1, 0.15) is 40.0 Å². The molecule has 0 spiro atoms. The van der Waals surface area contributed by atoms with Gasteiger partial charge in [-0.2, -0.15) is 0 Å². The molecule has 2 aromatic rings. The van der Waals surface area contributed by atoms with Crippen molar-refractivity contribution < 1.29 is 28.5 Å². The third kappa shape index (κ3) is 7.00. The number of carbonyl (C=O) groups excluding carboxylic acids is 2. The number of piperidine rings is 1. The standard InChI is InChI=1S/C25H33N3O5.C2H6O/c1-25(2,3)33-24(30)27-10-7-17(8-11-27)9-12-28-15-19(16-29)32-22-14-26-21-6-5-18(31-4)13-20(21)23(22)28;1-3-2/h5-6,13-14,16-17,19H,7-12,15H2,1-4H3;1-2H3. The zero-order chi connectivity index (χ0) is 26.3. The van der Waals surface area contributed by atoms with E-state index in [1.54, 1.807) is 32.4 Å². The maximum atomic E-state index is 12.3. The van der Waals surface area contributed by atoms with E-state index in [2.05, 4.69) is 14.6 Å². The second-order valence-electron chi connectivity index (χ2n) is 10.2. The number of hydrogen-bond donors (Lipinski definition) is 0. The van der Waals surface area contributed by atoms with E-state index in [4.69, 9.17) is 14.2 Å². The summed E-state index contributed by atoms with van der Waals surface area (Å²) in [6, 6.07) is 5.80. The molecule has 36 heavy (non-hydrogen) atoms. The average Bonchev–Trinajstić information content (AvgIpc) is 2.86. The van der Waals surface area contributed by atoms with Gasteiger partial charge in [-0.25, -0.2) is 4.79 Å². The Morgan fingerprint density at radius 3 is 2.50 bits per heavy atom. The van der Waals surface area contributed by atoms with Crippen LogP contribution < -0.4 is 14.4 Å². The molecule has 1 aromatic heterocycles. The van der Waals surface area contributed by atoms with Crippen LogP contribution in [0.4, 0.5) is 10.5 Å². The van der Waals surface area contributed by atoms with Gasteiger partial charge in [0.05, 0.1) is 31.1 Å². The summed E-state index contributed by atoms with van der Waals surface area (Å²) in [5.41, 5.74) is 1.34. The summed E-state index contributed by atoms with van der Waals surface area (Å²) in [7, 11) is 4.89. The monoisotopic (exact) mass is 501 g/mol. The van der Waals surface area contributed by atoms with Gasteiger partial charge in [-0.1, -0.05) is 0 Å². The number of ether oxygens (including phenoxy) is 4. The Morgan fingerprint density at radius 2 is 1.89 bits per heavy atom. The van der Waals surface area contributed by atoms with Gasteiger partial charge in [0.1, 0.15) is 11.4 Å². The number of likely N-dealkylation sites (tertiary alicyclic amines) is 1. The fraction of sp³-hybridized carbons (Fsp3) is 0.593. The fourth-order valence-electron chi connectivity index (χ4n) is 4.53. The number of pyridine rings is 1. The van der Waals surface area contributed by atoms with Crippen molar-refractivity contribution in [3.63, 3.8) is 0 Å². The Kier molecular flexibility index (Phi) is 9.37. The van der Waals surface area contributed by atoms with Crippen molar-refractivity contribution in [2.75, 3.05) is 52.4 Å². The lowest BCUT2D eigenvalue weighted by molar-refractivity contribution is -0.113. The number of hydrogen-bond acceptors (Lipinski definition) is 8. The lowest BCUT2D eigenvalue weighted by atomic mass is 9.93. The van der Waals surface area contributed by atoms with E-state index in [9.17, 15) is 9.59 Å². The van der Waals surface area contributed by atoms with Gasteiger partial charge >= 0.3 is 6.09 Å². The summed E-state index contributed by atoms with van der Waals surface area (Å²) >= 11 is 0. The predicted molar refractivity (Wildman–Crippen MR) is 139 cm³/mol. The molecule has 1 unspecified atom stereocenters. The molecule has 198 valence electrons. The van der Waals surface area contributed by atoms with Gasteiger partial charge in [0, 0.05) is 39.2 Å². The number of benzene rings is 1. The van der Waals surface area contributed by atoms with E-state index in [1.165, 1.54) is 0 Å². The summed E-state index contributed by atoms with van der Waals surface area (Å²) in [6.07, 6.45) is 4.66. The normalized spacial score (nSPS) is 18.0. The molecule has 3 heterocycles. The van der Waals surface area contributed by atoms with Crippen molar-refractivity contribution in [2.45, 2.75) is 51.7 Å². The molecule has 0 saturated carbocycles. The van der Waals surface area contributed by atoms with E-state index < -0.39 is 11.7 Å². The third-order valence-electron chi connectivity index (χ3n) is 6.23. The first-order chi connectivity index (χ1) is 17.2. The van der Waals surface area contributed by atoms with Crippen LogP contribution in [0.2, 0.25) is 0 Å². The van der Waals surface area contributed by atoms with E-state index in [0.29, 0.717) is 31.3 Å². The molecule has 1 amide bonds. The van der Waals surface area contributed by atoms with Crippen LogP contribution in [0.5, 0.6) is 11.5 Å². The number of anilines is 1. The second kappa shape index (κ2) is 12.3. The maximum Gasteiger partial charge on any atom is 0.410 e. The van der Waals surface area contributed by atoms with Crippen LogP contribution in [-0.4, -0.2) is 81.5 Å². The smallest absolute Gasteiger partial charge is 0.410 e. The predicted octanol–water partition coefficient (Wildman–Crippen LogP) is 4.31. The fourth-order valence-corrected chi connectivity index (χ4v) is 4.53. The van der Waals surface area contributed by atoms with Crippen LogP contribution in [0.3, 0.4) is 0 Å². The van der Waals surface area contributed by atoms with Crippen molar-refractivity contribution in [1.29, 1.82) is 0 Å². The highest BCUT2D eigenvalue weighted by molar-refractivity contribution is 5.96. The maximum absolute atomic E-state index is 12.3. The number of amides is 1. The quantitative estimate of drug-likeness (QED) is 0.560. The highest BCUT2D eigenvalue weighted by Crippen LogP contribution is 2.40. The summed E-state index contributed by atoms with van der Waals surface area (Å²) in [6.45, 7) is 8.38. The minimum Gasteiger partial charge on any atom is -0.497 e. The first-order valence-electron chi connectivity index (χ1n) is 12.4. The van der Waals surface area contributed by atoms with Crippen molar-refractivity contribution in [3.8, 4) is 11.5 Å². The van der Waals surface area contributed by atoms with Gasteiger partial charge in [0.25, 0.3) is 0 Å². The molecule has 1 aromatic carbocycles. The number of aromatic nitrogens is 1. The number of rotatable bonds is 5. The molecular formula is C27H39N3O6. The van der Waals surface area contributed by atoms with Gasteiger partial charge in [-0.15, -0.1) is 0 Å². The molecule has 4 rings (SSSR count). The minimum atomic E-state index is -0.517. The molecule has 1 saturated heterocycles. The minimum absolute atomic E-state index is 0.232. The molecule has 0 bridgehead atoms. The van der Waals surface area contributed by atoms with Crippen LogP contribution in [0.25, 0.3) is 10.9 Å². The van der Waals surface area contributed by atoms with Gasteiger partial charge in [-0.3, -0.25) is 9.78 Å². The van der Waals surface area contributed by atoms with E-state index in [0.717, 1.165) is 54.4 Å². The zero-order valence-electron chi connectivity index (χ0n) is 22.3. The molecule has 1 fully saturated rings. The molecular weight excluding hydrogens is 462 g/mol. The molecule has 0 radical (unpaired) electrons. The summed E-state index contributed by atoms with van der Waals surface area (Å²) in [5, 5.41) is 0.955. The third-order valence-corrected chi connectivity index (χ3v) is 6.23. The van der Waals surface area contributed by atoms with E-state index in [1.807, 2.05) is 39.0 Å². The number of aldehydes is 1. The summed E-state index contributed by atoms with van der Waals surface area (Å²) in [5.74, 6) is 1.89. The molecule has 1 atom stereocenters. The Hall–Kier alpha value is -3.07. The molecule has 9 nitrogen and oxygen atoms in total. The Morgan fingerprint density at radius 1 is 1.19 bits per heavy atom. The van der Waals surface area contributed by atoms with E-state index >= 15 is 0 Å².